The van der Waals surface area contributed by atoms with Crippen LogP contribution in [-0.2, 0) is 6.42 Å². The third-order valence-electron chi connectivity index (χ3n) is 2.82. The van der Waals surface area contributed by atoms with Gasteiger partial charge in [-0.2, -0.15) is 0 Å². The van der Waals surface area contributed by atoms with E-state index in [9.17, 15) is 4.39 Å². The van der Waals surface area contributed by atoms with Gasteiger partial charge in [-0.1, -0.05) is 51.3 Å². The molecule has 0 fully saturated rings. The van der Waals surface area contributed by atoms with Crippen LogP contribution in [0.25, 0.3) is 0 Å². The third-order valence-corrected chi connectivity index (χ3v) is 4.09. The molecule has 0 saturated heterocycles. The van der Waals surface area contributed by atoms with E-state index in [0.29, 0.717) is 20.9 Å². The summed E-state index contributed by atoms with van der Waals surface area (Å²) in [5, 5.41) is 1.17. The summed E-state index contributed by atoms with van der Waals surface area (Å²) in [6.45, 7) is 0. The summed E-state index contributed by atoms with van der Waals surface area (Å²) in [6, 6.07) is 9.51. The first-order valence-corrected chi connectivity index (χ1v) is 7.16. The van der Waals surface area contributed by atoms with Crippen molar-refractivity contribution in [3.63, 3.8) is 0 Å². The third kappa shape index (κ3) is 3.69. The van der Waals surface area contributed by atoms with Gasteiger partial charge in [0, 0.05) is 20.6 Å². The molecule has 19 heavy (non-hydrogen) atoms. The van der Waals surface area contributed by atoms with Crippen LogP contribution < -0.4 is 5.73 Å². The molecule has 0 spiro atoms. The van der Waals surface area contributed by atoms with E-state index in [-0.39, 0.29) is 11.9 Å². The van der Waals surface area contributed by atoms with Crippen molar-refractivity contribution in [2.75, 3.05) is 0 Å². The van der Waals surface area contributed by atoms with E-state index in [2.05, 4.69) is 15.9 Å². The van der Waals surface area contributed by atoms with Crippen LogP contribution in [0.5, 0.6) is 0 Å². The Labute approximate surface area is 129 Å². The monoisotopic (exact) mass is 361 g/mol. The molecule has 0 aliphatic carbocycles. The first-order valence-electron chi connectivity index (χ1n) is 5.62. The fourth-order valence-corrected chi connectivity index (χ4v) is 2.97. The molecule has 0 radical (unpaired) electrons. The number of rotatable bonds is 3. The fourth-order valence-electron chi connectivity index (χ4n) is 1.84. The molecule has 1 atom stereocenters. The van der Waals surface area contributed by atoms with Gasteiger partial charge < -0.3 is 5.73 Å². The maximum Gasteiger partial charge on any atom is 0.124 e. The Hall–Kier alpha value is -0.610. The minimum absolute atomic E-state index is 0.270. The Morgan fingerprint density at radius 1 is 1.16 bits per heavy atom. The van der Waals surface area contributed by atoms with E-state index >= 15 is 0 Å². The number of nitrogens with two attached hydrogens (primary N) is 1. The normalized spacial score (nSPS) is 12.5. The molecule has 0 aliphatic rings. The minimum atomic E-state index is -0.299. The van der Waals surface area contributed by atoms with Crippen molar-refractivity contribution in [1.82, 2.24) is 0 Å². The molecule has 2 aromatic carbocycles. The van der Waals surface area contributed by atoms with Crippen molar-refractivity contribution in [2.45, 2.75) is 12.5 Å². The van der Waals surface area contributed by atoms with Crippen LogP contribution in [0.1, 0.15) is 17.2 Å². The lowest BCUT2D eigenvalue weighted by Crippen LogP contribution is -2.14. The Kier molecular flexibility index (Phi) is 4.85. The smallest absolute Gasteiger partial charge is 0.124 e. The van der Waals surface area contributed by atoms with Gasteiger partial charge in [0.05, 0.1) is 0 Å². The first kappa shape index (κ1) is 14.8. The second-order valence-corrected chi connectivity index (χ2v) is 5.91. The van der Waals surface area contributed by atoms with E-state index in [1.54, 1.807) is 18.2 Å². The van der Waals surface area contributed by atoms with Gasteiger partial charge in [-0.3, -0.25) is 0 Å². The lowest BCUT2D eigenvalue weighted by molar-refractivity contribution is 0.623. The van der Waals surface area contributed by atoms with Crippen LogP contribution in [-0.4, -0.2) is 0 Å². The summed E-state index contributed by atoms with van der Waals surface area (Å²) in [7, 11) is 0. The molecule has 2 aromatic rings. The maximum atomic E-state index is 13.0. The molecular weight excluding hydrogens is 352 g/mol. The van der Waals surface area contributed by atoms with Gasteiger partial charge in [0.1, 0.15) is 5.82 Å². The Bertz CT molecular complexity index is 604. The molecule has 0 aliphatic heterocycles. The summed E-state index contributed by atoms with van der Waals surface area (Å²) < 4.78 is 13.7. The van der Waals surface area contributed by atoms with Gasteiger partial charge >= 0.3 is 0 Å². The van der Waals surface area contributed by atoms with Crippen molar-refractivity contribution in [1.29, 1.82) is 0 Å². The molecule has 0 amide bonds. The lowest BCUT2D eigenvalue weighted by atomic mass is 9.99. The molecule has 100 valence electrons. The lowest BCUT2D eigenvalue weighted by Gasteiger charge is -2.15. The average molecular weight is 363 g/mol. The highest BCUT2D eigenvalue weighted by atomic mass is 79.9. The van der Waals surface area contributed by atoms with Gasteiger partial charge in [0.15, 0.2) is 0 Å². The van der Waals surface area contributed by atoms with Crippen LogP contribution >= 0.6 is 39.1 Å². The Morgan fingerprint density at radius 2 is 1.89 bits per heavy atom. The topological polar surface area (TPSA) is 26.0 Å². The maximum absolute atomic E-state index is 13.0. The Balaban J connectivity index is 2.23. The van der Waals surface area contributed by atoms with Crippen LogP contribution in [0.3, 0.4) is 0 Å². The predicted molar refractivity (Wildman–Crippen MR) is 81.2 cm³/mol. The highest BCUT2D eigenvalue weighted by Gasteiger charge is 2.13. The zero-order valence-corrected chi connectivity index (χ0v) is 12.9. The molecular formula is C14H11BrCl2FN. The van der Waals surface area contributed by atoms with Gasteiger partial charge in [0.2, 0.25) is 0 Å². The highest BCUT2D eigenvalue weighted by molar-refractivity contribution is 9.10. The van der Waals surface area contributed by atoms with Crippen LogP contribution in [0, 0.1) is 5.82 Å². The summed E-state index contributed by atoms with van der Waals surface area (Å²) in [5.74, 6) is -0.299. The van der Waals surface area contributed by atoms with Gasteiger partial charge in [-0.15, -0.1) is 0 Å². The largest absolute Gasteiger partial charge is 0.324 e. The summed E-state index contributed by atoms with van der Waals surface area (Å²) in [5.41, 5.74) is 7.89. The van der Waals surface area contributed by atoms with E-state index < -0.39 is 0 Å². The van der Waals surface area contributed by atoms with Crippen LogP contribution in [0.15, 0.2) is 40.9 Å². The van der Waals surface area contributed by atoms with Gasteiger partial charge in [0.25, 0.3) is 0 Å². The van der Waals surface area contributed by atoms with Crippen molar-refractivity contribution < 1.29 is 4.39 Å². The van der Waals surface area contributed by atoms with E-state index in [1.165, 1.54) is 12.1 Å². The van der Waals surface area contributed by atoms with Crippen molar-refractivity contribution in [2.24, 2.45) is 5.73 Å². The van der Waals surface area contributed by atoms with Crippen molar-refractivity contribution >= 4 is 39.1 Å². The fraction of sp³-hybridized carbons (Fsp3) is 0.143. The summed E-state index contributed by atoms with van der Waals surface area (Å²) in [4.78, 5) is 0. The quantitative estimate of drug-likeness (QED) is 0.803. The zero-order valence-electron chi connectivity index (χ0n) is 9.84. The number of halogens is 4. The van der Waals surface area contributed by atoms with Crippen LogP contribution in [0.4, 0.5) is 4.39 Å². The molecule has 0 heterocycles. The molecule has 2 rings (SSSR count). The molecule has 1 unspecified atom stereocenters. The van der Waals surface area contributed by atoms with Gasteiger partial charge in [-0.05, 0) is 41.8 Å². The summed E-state index contributed by atoms with van der Waals surface area (Å²) >= 11 is 15.3. The van der Waals surface area contributed by atoms with Crippen LogP contribution in [0.2, 0.25) is 10.0 Å². The minimum Gasteiger partial charge on any atom is -0.324 e. The predicted octanol–water partition coefficient (Wildman–Crippen LogP) is 5.14. The van der Waals surface area contributed by atoms with E-state index in [1.807, 2.05) is 6.07 Å². The van der Waals surface area contributed by atoms with Crippen molar-refractivity contribution in [3.8, 4) is 0 Å². The highest BCUT2D eigenvalue weighted by Crippen LogP contribution is 2.28. The van der Waals surface area contributed by atoms with E-state index in [4.69, 9.17) is 28.9 Å². The average Bonchev–Trinajstić information content (AvgIpc) is 2.32. The van der Waals surface area contributed by atoms with Crippen molar-refractivity contribution in [3.05, 3.63) is 67.9 Å². The first-order chi connectivity index (χ1) is 8.97. The molecule has 1 nitrogen and oxygen atoms in total. The standard InChI is InChI=1S/C14H11BrCl2FN/c15-12-7-10(18)3-4-11(12)14(19)5-8-1-2-9(16)6-13(8)17/h1-4,6-7,14H,5,19H2. The zero-order chi connectivity index (χ0) is 14.0. The van der Waals surface area contributed by atoms with E-state index in [0.717, 1.165) is 11.1 Å². The number of hydrogen-bond donors (Lipinski definition) is 1. The Morgan fingerprint density at radius 3 is 2.53 bits per heavy atom. The van der Waals surface area contributed by atoms with Gasteiger partial charge in [-0.25, -0.2) is 4.39 Å². The number of benzene rings is 2. The SMILES string of the molecule is NC(Cc1ccc(Cl)cc1Cl)c1ccc(F)cc1Br. The second-order valence-electron chi connectivity index (χ2n) is 4.21. The molecule has 0 bridgehead atoms. The molecule has 5 heteroatoms. The molecule has 0 saturated carbocycles. The second kappa shape index (κ2) is 6.23. The number of hydrogen-bond acceptors (Lipinski definition) is 1. The summed E-state index contributed by atoms with van der Waals surface area (Å²) in [6.07, 6.45) is 0.556. The molecule has 2 N–H and O–H groups in total. The molecule has 0 aromatic heterocycles.